The number of fused-ring (bicyclic) bond motifs is 1. The number of hydrogen-bond donors (Lipinski definition) is 21. The molecule has 0 aromatic rings. The molecule has 24 aliphatic heterocycles. The van der Waals surface area contributed by atoms with Crippen molar-refractivity contribution in [2.24, 2.45) is 0 Å². The van der Waals surface area contributed by atoms with Crippen LogP contribution >= 0.6 is 0 Å². The molecule has 24 fully saturated rings. The summed E-state index contributed by atoms with van der Waals surface area (Å²) in [5.74, 6) is 0. The zero-order chi connectivity index (χ0) is 58.9. The lowest BCUT2D eigenvalue weighted by Gasteiger charge is -2.50. The summed E-state index contributed by atoms with van der Waals surface area (Å²) in [7, 11) is 0. The van der Waals surface area contributed by atoms with E-state index in [2.05, 4.69) is 0 Å². The van der Waals surface area contributed by atoms with Crippen molar-refractivity contribution in [2.75, 3.05) is 52.9 Å². The maximum atomic E-state index is 11.4. The summed E-state index contributed by atoms with van der Waals surface area (Å²) in [6.07, 6.45) is -65.2. The van der Waals surface area contributed by atoms with Crippen molar-refractivity contribution in [3.05, 3.63) is 0 Å². The Morgan fingerprint density at radius 3 is 0.679 bits per heavy atom. The second-order valence-corrected chi connectivity index (χ2v) is 21.1. The maximum Gasteiger partial charge on any atom is 0.187 e. The number of hydrogen-bond acceptors (Lipinski definition) is 35. The molecule has 24 rings (SSSR count). The van der Waals surface area contributed by atoms with Crippen molar-refractivity contribution in [1.29, 1.82) is 0 Å². The average Bonchev–Trinajstić information content (AvgIpc) is 3.58. The Bertz CT molecular complexity index is 1890. The van der Waals surface area contributed by atoms with Crippen LogP contribution in [0.5, 0.6) is 0 Å². The van der Waals surface area contributed by atoms with E-state index in [9.17, 15) is 107 Å². The van der Waals surface area contributed by atoms with E-state index in [1.165, 1.54) is 0 Å². The molecular weight excluding hydrogens is 1110 g/mol. The van der Waals surface area contributed by atoms with Gasteiger partial charge in [-0.1, -0.05) is 0 Å². The fourth-order valence-corrected chi connectivity index (χ4v) is 11.2. The van der Waals surface area contributed by atoms with Gasteiger partial charge < -0.3 is 174 Å². The fraction of sp³-hybridized carbons (Fsp3) is 1.00. The highest BCUT2D eigenvalue weighted by Crippen LogP contribution is 2.38. The third-order valence-corrected chi connectivity index (χ3v) is 15.8. The third-order valence-electron chi connectivity index (χ3n) is 15.8. The van der Waals surface area contributed by atoms with Crippen LogP contribution < -0.4 is 0 Å². The van der Waals surface area contributed by atoms with Gasteiger partial charge in [0, 0.05) is 6.61 Å². The SMILES string of the molecule is OC[C@H]1O[C@H]2CCCCO[C@H]3[C@H](O)[C@@H](O)C(O[C@H]4[C@H](O)[C@@H](O)C(O[C@H]5[C@H](O)[C@@H](O)C(O[C@H]6[C@H](O)[C@@H](O)C(O[C@H]7[C@H](O)[C@@H](O)C(O[C@H]8[C@H](O)[C@@H](O)C(O[C@H]1[C@H](O)[C@H]2O)O[C@@H]8CO)O[C@@H]7CO)O[C@@H]6CO)O[C@@H]5CO)O[C@@H]4CO)O[C@@H]3CO. The van der Waals surface area contributed by atoms with E-state index in [0.29, 0.717) is 0 Å². The van der Waals surface area contributed by atoms with E-state index in [-0.39, 0.29) is 25.9 Å². The quantitative estimate of drug-likeness (QED) is 0.113. The molecule has 0 aromatic heterocycles. The molecule has 21 N–H and O–H groups in total. The normalized spacial score (nSPS) is 53.8. The lowest BCUT2D eigenvalue weighted by Crippen LogP contribution is -2.68. The van der Waals surface area contributed by atoms with Gasteiger partial charge in [0.2, 0.25) is 0 Å². The van der Waals surface area contributed by atoms with Crippen LogP contribution in [-0.2, 0) is 66.3 Å². The predicted octanol–water partition coefficient (Wildman–Crippen LogP) is -14.0. The first-order valence-corrected chi connectivity index (χ1v) is 26.6. The van der Waals surface area contributed by atoms with Gasteiger partial charge >= 0.3 is 0 Å². The number of aliphatic hydroxyl groups excluding tert-OH is 21. The highest BCUT2D eigenvalue weighted by Gasteiger charge is 2.58. The van der Waals surface area contributed by atoms with Crippen molar-refractivity contribution in [1.82, 2.24) is 0 Å². The monoisotopic (exact) mass is 1190 g/mol. The predicted molar refractivity (Wildman–Crippen MR) is 247 cm³/mol. The Labute approximate surface area is 459 Å². The van der Waals surface area contributed by atoms with Gasteiger partial charge in [-0.15, -0.1) is 0 Å². The lowest BCUT2D eigenvalue weighted by molar-refractivity contribution is -0.397. The summed E-state index contributed by atoms with van der Waals surface area (Å²) in [5, 5.41) is 230. The van der Waals surface area contributed by atoms with Gasteiger partial charge in [0.05, 0.1) is 52.4 Å². The molecule has 35 heteroatoms. The minimum atomic E-state index is -2.21. The first-order chi connectivity index (χ1) is 38.7. The molecule has 6 unspecified atom stereocenters. The largest absolute Gasteiger partial charge is 0.394 e. The Kier molecular flexibility index (Phi) is 23.2. The van der Waals surface area contributed by atoms with Crippen molar-refractivity contribution in [3.63, 3.8) is 0 Å². The number of ether oxygens (including phenoxy) is 14. The highest BCUT2D eigenvalue weighted by molar-refractivity contribution is 5.01. The summed E-state index contributed by atoms with van der Waals surface area (Å²) in [4.78, 5) is 0. The summed E-state index contributed by atoms with van der Waals surface area (Å²) < 4.78 is 80.2. The molecular formula is C46H78O35. The molecule has 24 heterocycles. The highest BCUT2D eigenvalue weighted by atomic mass is 16.8. The lowest BCUT2D eigenvalue weighted by atomic mass is 9.92. The van der Waals surface area contributed by atoms with Gasteiger partial charge in [-0.2, -0.15) is 0 Å². The molecule has 472 valence electrons. The Hall–Kier alpha value is -1.40. The molecule has 0 amide bonds. The van der Waals surface area contributed by atoms with Gasteiger partial charge in [0.15, 0.2) is 37.7 Å². The molecule has 0 radical (unpaired) electrons. The van der Waals surface area contributed by atoms with Gasteiger partial charge in [-0.25, -0.2) is 0 Å². The molecule has 0 aliphatic carbocycles. The minimum Gasteiger partial charge on any atom is -0.394 e. The van der Waals surface area contributed by atoms with Gasteiger partial charge in [-0.05, 0) is 19.3 Å². The first kappa shape index (κ1) is 65.6. The smallest absolute Gasteiger partial charge is 0.187 e. The van der Waals surface area contributed by atoms with Crippen LogP contribution in [0.3, 0.4) is 0 Å². The Morgan fingerprint density at radius 2 is 0.432 bits per heavy atom. The molecule has 24 saturated heterocycles. The second-order valence-electron chi connectivity index (χ2n) is 21.1. The summed E-state index contributed by atoms with van der Waals surface area (Å²) in [6.45, 7) is -6.92. The molecule has 35 nitrogen and oxygen atoms in total. The van der Waals surface area contributed by atoms with Crippen molar-refractivity contribution in [3.8, 4) is 0 Å². The average molecular weight is 1190 g/mol. The van der Waals surface area contributed by atoms with E-state index < -0.39 is 261 Å². The minimum absolute atomic E-state index is 0.00513. The van der Waals surface area contributed by atoms with Crippen LogP contribution in [0.25, 0.3) is 0 Å². The molecule has 81 heavy (non-hydrogen) atoms. The fourth-order valence-electron chi connectivity index (χ4n) is 11.2. The van der Waals surface area contributed by atoms with E-state index in [1.807, 2.05) is 0 Å². The second kappa shape index (κ2) is 28.6. The molecule has 14 bridgehead atoms. The van der Waals surface area contributed by atoms with Crippen molar-refractivity contribution >= 4 is 0 Å². The molecule has 0 aromatic carbocycles. The van der Waals surface area contributed by atoms with Gasteiger partial charge in [0.1, 0.15) is 171 Å². The van der Waals surface area contributed by atoms with E-state index in [4.69, 9.17) is 66.3 Å². The topological polar surface area (TPSA) is 554 Å². The summed E-state index contributed by atoms with van der Waals surface area (Å²) in [5.41, 5.74) is 0. The molecule has 0 spiro atoms. The van der Waals surface area contributed by atoms with Crippen LogP contribution in [-0.4, -0.2) is 375 Å². The number of rotatable bonds is 7. The van der Waals surface area contributed by atoms with E-state index >= 15 is 0 Å². The van der Waals surface area contributed by atoms with Crippen LogP contribution in [0.15, 0.2) is 0 Å². The van der Waals surface area contributed by atoms with Gasteiger partial charge in [-0.3, -0.25) is 0 Å². The Balaban J connectivity index is 1.02. The van der Waals surface area contributed by atoms with Crippen LogP contribution in [0, 0.1) is 0 Å². The van der Waals surface area contributed by atoms with Crippen LogP contribution in [0.1, 0.15) is 19.3 Å². The van der Waals surface area contributed by atoms with Crippen molar-refractivity contribution < 1.29 is 174 Å². The van der Waals surface area contributed by atoms with Gasteiger partial charge in [0.25, 0.3) is 0 Å². The van der Waals surface area contributed by atoms with E-state index in [1.54, 1.807) is 0 Å². The molecule has 35 atom stereocenters. The van der Waals surface area contributed by atoms with Crippen LogP contribution in [0.2, 0.25) is 0 Å². The number of aliphatic hydroxyl groups is 21. The summed E-state index contributed by atoms with van der Waals surface area (Å²) >= 11 is 0. The molecule has 24 aliphatic rings. The maximum absolute atomic E-state index is 11.4. The zero-order valence-corrected chi connectivity index (χ0v) is 43.1. The third kappa shape index (κ3) is 13.5. The summed E-state index contributed by atoms with van der Waals surface area (Å²) in [6, 6.07) is 0. The molecule has 0 saturated carbocycles. The van der Waals surface area contributed by atoms with Crippen molar-refractivity contribution in [2.45, 2.75) is 234 Å². The first-order valence-electron chi connectivity index (χ1n) is 26.6. The van der Waals surface area contributed by atoms with Crippen LogP contribution in [0.4, 0.5) is 0 Å². The van der Waals surface area contributed by atoms with E-state index in [0.717, 1.165) is 0 Å². The Morgan fingerprint density at radius 1 is 0.222 bits per heavy atom. The standard InChI is InChI=1S/C46H78O35/c47-5-13-34-22(56)28(62)41(70-13)77-36-15(7-49)72-43(30(64)24(36)58)79-38-17(9-51)74-45(32(66)26(38)60)81-40-19(11-53)75-46(33(67)27(40)61)80-39-18(10-52)73-44(31(65)25(39)59)78-37-16(8-50)71-42(29(63)23(37)57)76-35-14(6-48)69-12(20(54)21(35)55)3-1-2-4-68-34/h12-67H,1-11H2/t12-,13+,14+,15+,16+,17+,18+,19+,20-,21+,22+,23+,24+,25+,26+,27+,28+,29+,30+,31+,32+,33+,34+,35+,36+,37+,38+,39+,40+,41?,42?,43?,44?,45?,46?/m0/s1. The zero-order valence-electron chi connectivity index (χ0n) is 43.1.